The van der Waals surface area contributed by atoms with Gasteiger partial charge in [-0.05, 0) is 71.2 Å². The highest BCUT2D eigenvalue weighted by molar-refractivity contribution is 6.00. The van der Waals surface area contributed by atoms with Gasteiger partial charge in [-0.2, -0.15) is 0 Å². The second-order valence-corrected chi connectivity index (χ2v) is 12.2. The predicted molar refractivity (Wildman–Crippen MR) is 186 cm³/mol. The summed E-state index contributed by atoms with van der Waals surface area (Å²) in [6, 6.07) is 32.6. The van der Waals surface area contributed by atoms with E-state index in [-0.39, 0.29) is 19.1 Å². The van der Waals surface area contributed by atoms with Gasteiger partial charge >= 0.3 is 6.03 Å². The summed E-state index contributed by atoms with van der Waals surface area (Å²) >= 11 is 0. The number of carbonyl (C=O) groups is 1. The smallest absolute Gasteiger partial charge is 0.321 e. The molecule has 9 heteroatoms. The number of aliphatic hydroxyl groups is 2. The lowest BCUT2D eigenvalue weighted by Gasteiger charge is -2.36. The number of aliphatic hydroxyl groups excluding tert-OH is 2. The highest BCUT2D eigenvalue weighted by Crippen LogP contribution is 2.30. The lowest BCUT2D eigenvalue weighted by Crippen LogP contribution is -2.50. The molecule has 1 aliphatic heterocycles. The normalized spacial score (nSPS) is 20.5. The van der Waals surface area contributed by atoms with E-state index in [4.69, 9.17) is 0 Å². The first-order chi connectivity index (χ1) is 23.4. The van der Waals surface area contributed by atoms with E-state index >= 15 is 4.79 Å². The Labute approximate surface area is 282 Å². The molecule has 0 unspecified atom stereocenters. The molecule has 0 bridgehead atoms. The molecule has 5 rings (SSSR count). The van der Waals surface area contributed by atoms with Crippen molar-refractivity contribution in [1.82, 2.24) is 9.80 Å². The first-order valence-corrected chi connectivity index (χ1v) is 16.5. The van der Waals surface area contributed by atoms with Gasteiger partial charge in [-0.15, -0.1) is 0 Å². The topological polar surface area (TPSA) is 129 Å². The van der Waals surface area contributed by atoms with Crippen LogP contribution in [-0.4, -0.2) is 72.2 Å². The molecule has 48 heavy (non-hydrogen) atoms. The van der Waals surface area contributed by atoms with E-state index in [1.54, 1.807) is 9.80 Å². The first-order valence-electron chi connectivity index (χ1n) is 16.5. The number of nitrogens with zero attached hydrogens (tertiary/aromatic N) is 4. The van der Waals surface area contributed by atoms with Gasteiger partial charge in [-0.25, -0.2) is 4.79 Å². The number of amides is 2. The maximum absolute atomic E-state index is 15.0. The van der Waals surface area contributed by atoms with Crippen molar-refractivity contribution in [3.8, 4) is 0 Å². The third kappa shape index (κ3) is 7.93. The molecular formula is C39H44N4O5. The van der Waals surface area contributed by atoms with Crippen LogP contribution in [0, 0.1) is 0 Å². The van der Waals surface area contributed by atoms with Gasteiger partial charge in [-0.3, -0.25) is 0 Å². The highest BCUT2D eigenvalue weighted by atomic mass is 16.4. The molecule has 1 aliphatic rings. The van der Waals surface area contributed by atoms with Gasteiger partial charge in [0.1, 0.15) is 12.2 Å². The Kier molecular flexibility index (Phi) is 11.6. The average Bonchev–Trinajstić information content (AvgIpc) is 3.18. The molecule has 4 aromatic carbocycles. The van der Waals surface area contributed by atoms with Gasteiger partial charge in [0.05, 0.1) is 23.5 Å². The first kappa shape index (κ1) is 34.3. The molecule has 1 saturated heterocycles. The van der Waals surface area contributed by atoms with Crippen molar-refractivity contribution in [2.24, 2.45) is 10.3 Å². The van der Waals surface area contributed by atoms with Gasteiger partial charge < -0.3 is 30.4 Å². The number of benzene rings is 4. The number of urea groups is 1. The monoisotopic (exact) mass is 648 g/mol. The van der Waals surface area contributed by atoms with Gasteiger partial charge in [0.15, 0.2) is 0 Å². The van der Waals surface area contributed by atoms with Crippen molar-refractivity contribution in [2.45, 2.75) is 76.9 Å². The van der Waals surface area contributed by atoms with Crippen LogP contribution >= 0.6 is 0 Å². The average molecular weight is 649 g/mol. The van der Waals surface area contributed by atoms with E-state index in [1.807, 2.05) is 123 Å². The second-order valence-electron chi connectivity index (χ2n) is 12.2. The van der Waals surface area contributed by atoms with Gasteiger partial charge in [0.2, 0.25) is 0 Å². The summed E-state index contributed by atoms with van der Waals surface area (Å²) in [6.45, 7) is 4.12. The van der Waals surface area contributed by atoms with Crippen LogP contribution in [0.15, 0.2) is 120 Å². The van der Waals surface area contributed by atoms with Crippen LogP contribution in [0.5, 0.6) is 0 Å². The summed E-state index contributed by atoms with van der Waals surface area (Å²) in [6.07, 6.45) is -0.812. The van der Waals surface area contributed by atoms with E-state index < -0.39 is 24.3 Å². The predicted octanol–water partition coefficient (Wildman–Crippen LogP) is 6.25. The van der Waals surface area contributed by atoms with Crippen LogP contribution in [0.25, 0.3) is 0 Å². The number of oxime groups is 2. The fourth-order valence-electron chi connectivity index (χ4n) is 6.57. The quantitative estimate of drug-likeness (QED) is 0.0821. The summed E-state index contributed by atoms with van der Waals surface area (Å²) < 4.78 is 0. The molecule has 0 spiro atoms. The van der Waals surface area contributed by atoms with Gasteiger partial charge in [0, 0.05) is 13.1 Å². The van der Waals surface area contributed by atoms with Crippen molar-refractivity contribution in [3.05, 3.63) is 143 Å². The van der Waals surface area contributed by atoms with E-state index in [9.17, 15) is 20.6 Å². The van der Waals surface area contributed by atoms with E-state index in [0.717, 1.165) is 33.4 Å². The summed E-state index contributed by atoms with van der Waals surface area (Å²) in [7, 11) is 0. The van der Waals surface area contributed by atoms with Crippen molar-refractivity contribution in [3.63, 3.8) is 0 Å². The minimum absolute atomic E-state index is 0.155. The molecule has 0 aliphatic carbocycles. The zero-order valence-corrected chi connectivity index (χ0v) is 27.4. The van der Waals surface area contributed by atoms with Crippen LogP contribution in [0.2, 0.25) is 0 Å². The van der Waals surface area contributed by atoms with Gasteiger partial charge in [-0.1, -0.05) is 121 Å². The number of hydrogen-bond donors (Lipinski definition) is 4. The molecule has 4 aromatic rings. The maximum atomic E-state index is 15.0. The lowest BCUT2D eigenvalue weighted by atomic mass is 9.90. The van der Waals surface area contributed by atoms with Crippen molar-refractivity contribution in [2.75, 3.05) is 0 Å². The Morgan fingerprint density at radius 3 is 1.31 bits per heavy atom. The minimum atomic E-state index is -1.26. The third-order valence-corrected chi connectivity index (χ3v) is 9.14. The molecule has 4 atom stereocenters. The Morgan fingerprint density at radius 1 is 0.583 bits per heavy atom. The molecule has 4 N–H and O–H groups in total. The summed E-state index contributed by atoms with van der Waals surface area (Å²) in [5.41, 5.74) is 5.99. The summed E-state index contributed by atoms with van der Waals surface area (Å²) in [4.78, 5) is 18.4. The Bertz CT molecular complexity index is 1590. The molecule has 9 nitrogen and oxygen atoms in total. The fourth-order valence-corrected chi connectivity index (χ4v) is 6.57. The maximum Gasteiger partial charge on any atom is 0.321 e. The van der Waals surface area contributed by atoms with Crippen molar-refractivity contribution >= 4 is 17.5 Å². The van der Waals surface area contributed by atoms with Crippen LogP contribution in [0.4, 0.5) is 4.79 Å². The molecule has 1 fully saturated rings. The van der Waals surface area contributed by atoms with Crippen molar-refractivity contribution < 1.29 is 25.4 Å². The molecule has 250 valence electrons. The van der Waals surface area contributed by atoms with Crippen LogP contribution in [0.3, 0.4) is 0 Å². The van der Waals surface area contributed by atoms with E-state index in [2.05, 4.69) is 10.3 Å². The Hall–Kier alpha value is -4.99. The zero-order chi connectivity index (χ0) is 34.0. The molecule has 0 saturated carbocycles. The molecule has 2 amide bonds. The molecular weight excluding hydrogens is 604 g/mol. The van der Waals surface area contributed by atoms with Crippen LogP contribution < -0.4 is 0 Å². The second kappa shape index (κ2) is 16.2. The fraction of sp³-hybridized carbons (Fsp3) is 0.308. The van der Waals surface area contributed by atoms with Crippen LogP contribution in [-0.2, 0) is 25.9 Å². The SMILES string of the molecule is CC/C(=N/O)c1cccc(CN2C(=O)N(Cc3cccc(/C(CC)=N/O)c3)[C@H](Cc3ccccc3)[C@H](O)[C@@H](O)[C@H]2Cc2ccccc2)c1. The zero-order valence-electron chi connectivity index (χ0n) is 27.4. The number of hydrogen-bond acceptors (Lipinski definition) is 7. The summed E-state index contributed by atoms with van der Waals surface area (Å²) in [5, 5.41) is 50.1. The van der Waals surface area contributed by atoms with Gasteiger partial charge in [0.25, 0.3) is 0 Å². The van der Waals surface area contributed by atoms with Crippen molar-refractivity contribution in [1.29, 1.82) is 0 Å². The minimum Gasteiger partial charge on any atom is -0.411 e. The van der Waals surface area contributed by atoms with E-state index in [0.29, 0.717) is 37.1 Å². The Balaban J connectivity index is 1.61. The Morgan fingerprint density at radius 2 is 0.958 bits per heavy atom. The lowest BCUT2D eigenvalue weighted by molar-refractivity contribution is -0.0408. The third-order valence-electron chi connectivity index (χ3n) is 9.14. The molecule has 0 radical (unpaired) electrons. The van der Waals surface area contributed by atoms with E-state index in [1.165, 1.54) is 0 Å². The van der Waals surface area contributed by atoms with Crippen LogP contribution in [0.1, 0.15) is 60.1 Å². The molecule has 1 heterocycles. The molecule has 0 aromatic heterocycles. The highest BCUT2D eigenvalue weighted by Gasteiger charge is 2.46. The standard InChI is InChI=1S/C39H44N4O5/c1-3-33(40-47)31-19-11-17-29(21-31)25-42-35(23-27-13-7-5-8-14-27)37(44)38(45)36(24-28-15-9-6-10-16-28)43(39(42)46)26-30-18-12-20-32(22-30)34(4-2)41-48/h5-22,35-38,44-45,47-48H,3-4,23-26H2,1-2H3/b40-33-,41-34+/t35-,36-,37+,38+/m1/s1. The number of carbonyl (C=O) groups excluding carboxylic acids is 1. The summed E-state index contributed by atoms with van der Waals surface area (Å²) in [5.74, 6) is 0. The number of rotatable bonds is 12. The largest absolute Gasteiger partial charge is 0.411 e.